The van der Waals surface area contributed by atoms with Gasteiger partial charge in [0.05, 0.1) is 19.8 Å². The number of nitrogens with one attached hydrogen (secondary N) is 1. The Balaban J connectivity index is 1.95. The molecule has 0 fully saturated rings. The molecule has 1 N–H and O–H groups in total. The average Bonchev–Trinajstić information content (AvgIpc) is 2.59. The molecule has 2 aromatic rings. The van der Waals surface area contributed by atoms with Crippen molar-refractivity contribution in [3.05, 3.63) is 58.4 Å². The van der Waals surface area contributed by atoms with Gasteiger partial charge in [-0.25, -0.2) is 4.39 Å². The van der Waals surface area contributed by atoms with Gasteiger partial charge >= 0.3 is 6.18 Å². The topological polar surface area (TPSA) is 30.5 Å². The lowest BCUT2D eigenvalue weighted by Crippen LogP contribution is -2.31. The van der Waals surface area contributed by atoms with E-state index in [1.54, 1.807) is 7.11 Å². The van der Waals surface area contributed by atoms with E-state index in [4.69, 9.17) is 9.47 Å². The number of alkyl halides is 3. The summed E-state index contributed by atoms with van der Waals surface area (Å²) in [6, 6.07) is 6.14. The lowest BCUT2D eigenvalue weighted by atomic mass is 9.89. The predicted molar refractivity (Wildman–Crippen MR) is 89.1 cm³/mol. The molecular formula is C19H19F4NO2. The van der Waals surface area contributed by atoms with E-state index in [1.165, 1.54) is 7.11 Å². The number of fused-ring (bicyclic) bond motifs is 1. The smallest absolute Gasteiger partial charge is 0.416 e. The van der Waals surface area contributed by atoms with Crippen LogP contribution in [0.25, 0.3) is 0 Å². The summed E-state index contributed by atoms with van der Waals surface area (Å²) in [5.41, 5.74) is 1.28. The zero-order valence-corrected chi connectivity index (χ0v) is 14.4. The molecule has 1 atom stereocenters. The molecule has 0 radical (unpaired) electrons. The highest BCUT2D eigenvalue weighted by Gasteiger charge is 2.32. The molecule has 0 aliphatic carbocycles. The second kappa shape index (κ2) is 7.15. The van der Waals surface area contributed by atoms with Gasteiger partial charge in [0, 0.05) is 6.04 Å². The number of hydrogen-bond donors (Lipinski definition) is 1. The van der Waals surface area contributed by atoms with Gasteiger partial charge in [-0.05, 0) is 66.4 Å². The number of ether oxygens (including phenoxy) is 2. The number of benzene rings is 2. The molecule has 0 spiro atoms. The maximum Gasteiger partial charge on any atom is 0.416 e. The van der Waals surface area contributed by atoms with Crippen LogP contribution in [0, 0.1) is 5.82 Å². The standard InChI is InChI=1S/C19H19F4NO2/c1-25-17-8-12-3-4-24-16(15(12)10-18(17)26-2)7-11-5-13(19(21,22)23)9-14(20)6-11/h5-6,8-10,16,24H,3-4,7H2,1-2H3. The fourth-order valence-corrected chi connectivity index (χ4v) is 3.32. The van der Waals surface area contributed by atoms with E-state index in [-0.39, 0.29) is 18.0 Å². The van der Waals surface area contributed by atoms with Gasteiger partial charge in [0.2, 0.25) is 0 Å². The van der Waals surface area contributed by atoms with Crippen molar-refractivity contribution in [1.29, 1.82) is 0 Å². The van der Waals surface area contributed by atoms with Gasteiger partial charge in [-0.15, -0.1) is 0 Å². The van der Waals surface area contributed by atoms with Gasteiger partial charge in [-0.1, -0.05) is 0 Å². The summed E-state index contributed by atoms with van der Waals surface area (Å²) in [6.07, 6.45) is -3.57. The summed E-state index contributed by atoms with van der Waals surface area (Å²) in [5.74, 6) is 0.269. The summed E-state index contributed by atoms with van der Waals surface area (Å²) >= 11 is 0. The fraction of sp³-hybridized carbons (Fsp3) is 0.368. The third-order valence-electron chi connectivity index (χ3n) is 4.53. The van der Waals surface area contributed by atoms with Gasteiger partial charge in [0.25, 0.3) is 0 Å². The molecule has 1 unspecified atom stereocenters. The third-order valence-corrected chi connectivity index (χ3v) is 4.53. The number of hydrogen-bond acceptors (Lipinski definition) is 3. The summed E-state index contributed by atoms with van der Waals surface area (Å²) in [4.78, 5) is 0. The Morgan fingerprint density at radius 1 is 1.04 bits per heavy atom. The molecule has 3 rings (SSSR count). The lowest BCUT2D eigenvalue weighted by Gasteiger charge is -2.28. The Kier molecular flexibility index (Phi) is 5.09. The van der Waals surface area contributed by atoms with Crippen LogP contribution in [-0.2, 0) is 19.0 Å². The molecule has 0 saturated heterocycles. The van der Waals surface area contributed by atoms with E-state index in [9.17, 15) is 17.6 Å². The van der Waals surface area contributed by atoms with Crippen LogP contribution in [0.15, 0.2) is 30.3 Å². The predicted octanol–water partition coefficient (Wildman–Crippen LogP) is 4.29. The first kappa shape index (κ1) is 18.5. The van der Waals surface area contributed by atoms with Gasteiger partial charge in [-0.2, -0.15) is 13.2 Å². The molecule has 0 bridgehead atoms. The molecule has 0 amide bonds. The zero-order chi connectivity index (χ0) is 18.9. The Labute approximate surface area is 148 Å². The fourth-order valence-electron chi connectivity index (χ4n) is 3.32. The summed E-state index contributed by atoms with van der Waals surface area (Å²) in [7, 11) is 3.08. The van der Waals surface area contributed by atoms with Crippen molar-refractivity contribution < 1.29 is 27.0 Å². The van der Waals surface area contributed by atoms with Crippen molar-refractivity contribution in [3.63, 3.8) is 0 Å². The summed E-state index contributed by atoms with van der Waals surface area (Å²) < 4.78 is 63.1. The SMILES string of the molecule is COc1cc2c(cc1OC)C(Cc1cc(F)cc(C(F)(F)F)c1)NCC2. The third kappa shape index (κ3) is 3.77. The van der Waals surface area contributed by atoms with Crippen LogP contribution in [-0.4, -0.2) is 20.8 Å². The first-order valence-electron chi connectivity index (χ1n) is 8.16. The van der Waals surface area contributed by atoms with E-state index in [0.29, 0.717) is 24.1 Å². The molecule has 3 nitrogen and oxygen atoms in total. The molecule has 140 valence electrons. The minimum absolute atomic E-state index is 0.235. The Morgan fingerprint density at radius 3 is 2.38 bits per heavy atom. The second-order valence-corrected chi connectivity index (χ2v) is 6.21. The van der Waals surface area contributed by atoms with E-state index < -0.39 is 17.6 Å². The molecule has 1 aliphatic heterocycles. The highest BCUT2D eigenvalue weighted by atomic mass is 19.4. The lowest BCUT2D eigenvalue weighted by molar-refractivity contribution is -0.137. The molecule has 2 aromatic carbocycles. The van der Waals surface area contributed by atoms with Crippen LogP contribution < -0.4 is 14.8 Å². The number of halogens is 4. The Morgan fingerprint density at radius 2 is 1.73 bits per heavy atom. The normalized spacial score (nSPS) is 16.9. The van der Waals surface area contributed by atoms with E-state index >= 15 is 0 Å². The quantitative estimate of drug-likeness (QED) is 0.816. The molecule has 7 heteroatoms. The van der Waals surface area contributed by atoms with Crippen LogP contribution in [0.3, 0.4) is 0 Å². The van der Waals surface area contributed by atoms with Crippen molar-refractivity contribution in [2.45, 2.75) is 25.1 Å². The Bertz CT molecular complexity index is 805. The molecule has 1 heterocycles. The highest BCUT2D eigenvalue weighted by molar-refractivity contribution is 5.49. The van der Waals surface area contributed by atoms with Crippen molar-refractivity contribution >= 4 is 0 Å². The molecule has 1 aliphatic rings. The van der Waals surface area contributed by atoms with E-state index in [2.05, 4.69) is 5.32 Å². The maximum atomic E-state index is 13.7. The minimum atomic E-state index is -4.58. The van der Waals surface area contributed by atoms with Crippen molar-refractivity contribution in [2.75, 3.05) is 20.8 Å². The van der Waals surface area contributed by atoms with Crippen LogP contribution in [0.1, 0.15) is 28.3 Å². The van der Waals surface area contributed by atoms with Crippen molar-refractivity contribution in [2.24, 2.45) is 0 Å². The second-order valence-electron chi connectivity index (χ2n) is 6.21. The van der Waals surface area contributed by atoms with Crippen LogP contribution >= 0.6 is 0 Å². The molecular weight excluding hydrogens is 350 g/mol. The van der Waals surface area contributed by atoms with Gasteiger partial charge in [0.1, 0.15) is 5.82 Å². The molecule has 26 heavy (non-hydrogen) atoms. The summed E-state index contributed by atoms with van der Waals surface area (Å²) in [6.45, 7) is 0.675. The molecule has 0 aromatic heterocycles. The van der Waals surface area contributed by atoms with Crippen LogP contribution in [0.5, 0.6) is 11.5 Å². The first-order valence-corrected chi connectivity index (χ1v) is 8.16. The first-order chi connectivity index (χ1) is 12.3. The molecule has 0 saturated carbocycles. The largest absolute Gasteiger partial charge is 0.493 e. The van der Waals surface area contributed by atoms with Gasteiger partial charge in [-0.3, -0.25) is 0 Å². The van der Waals surface area contributed by atoms with E-state index in [0.717, 1.165) is 29.7 Å². The van der Waals surface area contributed by atoms with Crippen LogP contribution in [0.4, 0.5) is 17.6 Å². The number of methoxy groups -OCH3 is 2. The highest BCUT2D eigenvalue weighted by Crippen LogP contribution is 2.37. The average molecular weight is 369 g/mol. The minimum Gasteiger partial charge on any atom is -0.493 e. The zero-order valence-electron chi connectivity index (χ0n) is 14.4. The number of rotatable bonds is 4. The monoisotopic (exact) mass is 369 g/mol. The van der Waals surface area contributed by atoms with Crippen molar-refractivity contribution in [3.8, 4) is 11.5 Å². The maximum absolute atomic E-state index is 13.7. The van der Waals surface area contributed by atoms with Gasteiger partial charge in [0.15, 0.2) is 11.5 Å². The van der Waals surface area contributed by atoms with Crippen molar-refractivity contribution in [1.82, 2.24) is 5.32 Å². The van der Waals surface area contributed by atoms with E-state index in [1.807, 2.05) is 12.1 Å². The van der Waals surface area contributed by atoms with Crippen LogP contribution in [0.2, 0.25) is 0 Å². The van der Waals surface area contributed by atoms with Gasteiger partial charge < -0.3 is 14.8 Å². The summed E-state index contributed by atoms with van der Waals surface area (Å²) in [5, 5.41) is 3.29. The Hall–Kier alpha value is -2.28.